The van der Waals surface area contributed by atoms with Crippen LogP contribution in [0.15, 0.2) is 47.4 Å². The summed E-state index contributed by atoms with van der Waals surface area (Å²) >= 11 is 2.84. The van der Waals surface area contributed by atoms with Crippen molar-refractivity contribution in [2.24, 2.45) is 0 Å². The summed E-state index contributed by atoms with van der Waals surface area (Å²) in [6, 6.07) is 13.0. The third kappa shape index (κ3) is 4.37. The normalized spacial score (nSPS) is 16.6. The smallest absolute Gasteiger partial charge is 0.239 e. The number of para-hydroxylation sites is 1. The fourth-order valence-corrected chi connectivity index (χ4v) is 4.94. The summed E-state index contributed by atoms with van der Waals surface area (Å²) < 4.78 is 20.6. The molecule has 0 bridgehead atoms. The maximum Gasteiger partial charge on any atom is 0.239 e. The molecule has 1 atom stereocenters. The van der Waals surface area contributed by atoms with Gasteiger partial charge in [-0.25, -0.2) is 9.37 Å². The van der Waals surface area contributed by atoms with Crippen molar-refractivity contribution in [3.05, 3.63) is 53.8 Å². The lowest BCUT2D eigenvalue weighted by Gasteiger charge is -2.23. The van der Waals surface area contributed by atoms with Crippen LogP contribution < -0.4 is 4.90 Å². The number of halogens is 1. The summed E-state index contributed by atoms with van der Waals surface area (Å²) in [5, 5.41) is 0.533. The number of hydrogen-bond acceptors (Lipinski definition) is 5. The first-order chi connectivity index (χ1) is 13.6. The second-order valence-electron chi connectivity index (χ2n) is 6.82. The fourth-order valence-electron chi connectivity index (χ4n) is 3.15. The van der Waals surface area contributed by atoms with Gasteiger partial charge in [0, 0.05) is 11.5 Å². The van der Waals surface area contributed by atoms with Gasteiger partial charge >= 0.3 is 0 Å². The SMILES string of the molecule is Cc1ccc(SCC(=O)N(CC2CCCO2)c2nc3c(F)cccc3s2)cc1. The van der Waals surface area contributed by atoms with Gasteiger partial charge in [0.1, 0.15) is 11.3 Å². The summed E-state index contributed by atoms with van der Waals surface area (Å²) in [6.45, 7) is 3.21. The van der Waals surface area contributed by atoms with E-state index in [1.165, 1.54) is 34.7 Å². The van der Waals surface area contributed by atoms with E-state index in [1.807, 2.05) is 37.3 Å². The van der Waals surface area contributed by atoms with Crippen molar-refractivity contribution < 1.29 is 13.9 Å². The molecule has 0 aliphatic carbocycles. The average Bonchev–Trinajstić information content (AvgIpc) is 3.35. The summed E-state index contributed by atoms with van der Waals surface area (Å²) in [4.78, 5) is 20.2. The molecule has 28 heavy (non-hydrogen) atoms. The standard InChI is InChI=1S/C21H21FN2O2S2/c1-14-7-9-16(10-8-14)27-13-19(25)24(12-15-4-3-11-26-15)21-23-20-17(22)5-2-6-18(20)28-21/h2,5-10,15H,3-4,11-13H2,1H3. The van der Waals surface area contributed by atoms with Crippen LogP contribution in [0.2, 0.25) is 0 Å². The molecule has 1 amide bonds. The predicted octanol–water partition coefficient (Wildman–Crippen LogP) is 5.05. The molecule has 0 saturated carbocycles. The van der Waals surface area contributed by atoms with E-state index in [4.69, 9.17) is 4.74 Å². The number of benzene rings is 2. The minimum absolute atomic E-state index is 0.00480. The minimum atomic E-state index is -0.362. The van der Waals surface area contributed by atoms with Gasteiger partial charge in [-0.3, -0.25) is 9.69 Å². The highest BCUT2D eigenvalue weighted by Crippen LogP contribution is 2.32. The van der Waals surface area contributed by atoms with Crippen LogP contribution in [0, 0.1) is 12.7 Å². The van der Waals surface area contributed by atoms with Crippen molar-refractivity contribution in [1.29, 1.82) is 0 Å². The van der Waals surface area contributed by atoms with Gasteiger partial charge < -0.3 is 4.74 Å². The minimum Gasteiger partial charge on any atom is -0.376 e. The topological polar surface area (TPSA) is 42.4 Å². The summed E-state index contributed by atoms with van der Waals surface area (Å²) in [6.07, 6.45) is 1.93. The highest BCUT2D eigenvalue weighted by atomic mass is 32.2. The Balaban J connectivity index is 1.55. The van der Waals surface area contributed by atoms with E-state index < -0.39 is 0 Å². The molecule has 0 spiro atoms. The van der Waals surface area contributed by atoms with Crippen molar-refractivity contribution in [3.8, 4) is 0 Å². The number of carbonyl (C=O) groups excluding carboxylic acids is 1. The Labute approximate surface area is 171 Å². The van der Waals surface area contributed by atoms with Gasteiger partial charge in [-0.1, -0.05) is 35.1 Å². The first-order valence-corrected chi connectivity index (χ1v) is 11.1. The van der Waals surface area contributed by atoms with Crippen LogP contribution in [-0.4, -0.2) is 35.9 Å². The molecule has 7 heteroatoms. The van der Waals surface area contributed by atoms with E-state index in [0.29, 0.717) is 22.9 Å². The van der Waals surface area contributed by atoms with Crippen LogP contribution in [0.4, 0.5) is 9.52 Å². The van der Waals surface area contributed by atoms with Crippen molar-refractivity contribution >= 4 is 44.4 Å². The van der Waals surface area contributed by atoms with Crippen molar-refractivity contribution in [1.82, 2.24) is 4.98 Å². The first kappa shape index (κ1) is 19.4. The number of anilines is 1. The van der Waals surface area contributed by atoms with E-state index in [1.54, 1.807) is 11.0 Å². The molecular formula is C21H21FN2O2S2. The highest BCUT2D eigenvalue weighted by molar-refractivity contribution is 8.00. The average molecular weight is 417 g/mol. The van der Waals surface area contributed by atoms with E-state index in [2.05, 4.69) is 4.98 Å². The molecule has 1 fully saturated rings. The summed E-state index contributed by atoms with van der Waals surface area (Å²) in [5.41, 5.74) is 1.51. The van der Waals surface area contributed by atoms with Crippen LogP contribution in [-0.2, 0) is 9.53 Å². The number of carbonyl (C=O) groups is 1. The van der Waals surface area contributed by atoms with Gasteiger partial charge in [-0.2, -0.15) is 0 Å². The monoisotopic (exact) mass is 416 g/mol. The van der Waals surface area contributed by atoms with Crippen molar-refractivity contribution in [2.75, 3.05) is 23.8 Å². The van der Waals surface area contributed by atoms with Crippen molar-refractivity contribution in [3.63, 3.8) is 0 Å². The van der Waals surface area contributed by atoms with Crippen LogP contribution in [0.5, 0.6) is 0 Å². The number of aryl methyl sites for hydroxylation is 1. The molecule has 2 heterocycles. The second-order valence-corrected chi connectivity index (χ2v) is 8.88. The fraction of sp³-hybridized carbons (Fsp3) is 0.333. The second kappa shape index (κ2) is 8.59. The molecule has 1 aliphatic heterocycles. The zero-order valence-electron chi connectivity index (χ0n) is 15.6. The van der Waals surface area contributed by atoms with Crippen LogP contribution in [0.3, 0.4) is 0 Å². The molecule has 4 rings (SSSR count). The van der Waals surface area contributed by atoms with Gasteiger partial charge in [0.15, 0.2) is 5.13 Å². The van der Waals surface area contributed by atoms with E-state index >= 15 is 0 Å². The van der Waals surface area contributed by atoms with E-state index in [9.17, 15) is 9.18 Å². The van der Waals surface area contributed by atoms with Gasteiger partial charge in [0.2, 0.25) is 5.91 Å². The molecule has 0 N–H and O–H groups in total. The third-order valence-corrected chi connectivity index (χ3v) is 6.72. The molecule has 146 valence electrons. The molecule has 1 saturated heterocycles. The third-order valence-electron chi connectivity index (χ3n) is 4.68. The number of thiazole rings is 1. The van der Waals surface area contributed by atoms with Gasteiger partial charge in [0.25, 0.3) is 0 Å². The summed E-state index contributed by atoms with van der Waals surface area (Å²) in [5.74, 6) is -0.104. The van der Waals surface area contributed by atoms with Gasteiger partial charge in [0.05, 0.1) is 23.1 Å². The number of ether oxygens (including phenoxy) is 1. The number of hydrogen-bond donors (Lipinski definition) is 0. The van der Waals surface area contributed by atoms with Crippen LogP contribution in [0.1, 0.15) is 18.4 Å². The van der Waals surface area contributed by atoms with Gasteiger partial charge in [-0.15, -0.1) is 11.8 Å². The molecular weight excluding hydrogens is 395 g/mol. The number of thioether (sulfide) groups is 1. The largest absolute Gasteiger partial charge is 0.376 e. The molecule has 3 aromatic rings. The van der Waals surface area contributed by atoms with E-state index in [-0.39, 0.29) is 17.8 Å². The Hall–Kier alpha value is -1.96. The number of rotatable bonds is 6. The van der Waals surface area contributed by atoms with Gasteiger partial charge in [-0.05, 0) is 44.0 Å². The molecule has 1 aliphatic rings. The summed E-state index contributed by atoms with van der Waals surface area (Å²) in [7, 11) is 0. The lowest BCUT2D eigenvalue weighted by atomic mass is 10.2. The highest BCUT2D eigenvalue weighted by Gasteiger charge is 2.26. The maximum absolute atomic E-state index is 14.1. The Morgan fingerprint density at radius 3 is 2.86 bits per heavy atom. The number of aromatic nitrogens is 1. The lowest BCUT2D eigenvalue weighted by Crippen LogP contribution is -2.38. The molecule has 2 aromatic carbocycles. The number of nitrogens with zero attached hydrogens (tertiary/aromatic N) is 2. The predicted molar refractivity (Wildman–Crippen MR) is 113 cm³/mol. The zero-order valence-corrected chi connectivity index (χ0v) is 17.2. The quantitative estimate of drug-likeness (QED) is 0.528. The maximum atomic E-state index is 14.1. The lowest BCUT2D eigenvalue weighted by molar-refractivity contribution is -0.116. The molecule has 1 aromatic heterocycles. The number of fused-ring (bicyclic) bond motifs is 1. The molecule has 1 unspecified atom stereocenters. The van der Waals surface area contributed by atoms with E-state index in [0.717, 1.165) is 29.0 Å². The van der Waals surface area contributed by atoms with Crippen molar-refractivity contribution in [2.45, 2.75) is 30.8 Å². The Morgan fingerprint density at radius 1 is 1.32 bits per heavy atom. The Kier molecular flexibility index (Phi) is 5.94. The zero-order chi connectivity index (χ0) is 19.5. The van der Waals surface area contributed by atoms with Crippen LogP contribution in [0.25, 0.3) is 10.2 Å². The first-order valence-electron chi connectivity index (χ1n) is 9.26. The van der Waals surface area contributed by atoms with Crippen LogP contribution >= 0.6 is 23.1 Å². The Bertz CT molecular complexity index is 968. The molecule has 0 radical (unpaired) electrons. The number of amides is 1. The Morgan fingerprint density at radius 2 is 2.14 bits per heavy atom. The molecule has 4 nitrogen and oxygen atoms in total.